The minimum atomic E-state index is 0.425. The second-order valence-electron chi connectivity index (χ2n) is 4.99. The number of hydrogen-bond acceptors (Lipinski definition) is 4. The molecule has 2 heterocycles. The first-order valence-corrected chi connectivity index (χ1v) is 7.11. The van der Waals surface area contributed by atoms with E-state index in [4.69, 9.17) is 4.98 Å². The highest BCUT2D eigenvalue weighted by molar-refractivity contribution is 5.82. The fourth-order valence-corrected chi connectivity index (χ4v) is 2.57. The van der Waals surface area contributed by atoms with Crippen LogP contribution in [0.1, 0.15) is 27.2 Å². The summed E-state index contributed by atoms with van der Waals surface area (Å²) in [5.74, 6) is 0.915. The van der Waals surface area contributed by atoms with E-state index in [-0.39, 0.29) is 0 Å². The number of benzene rings is 1. The van der Waals surface area contributed by atoms with Crippen LogP contribution in [0.25, 0.3) is 16.7 Å². The molecular weight excluding hydrogens is 250 g/mol. The number of rotatable bonds is 4. The first kappa shape index (κ1) is 12.8. The molecule has 20 heavy (non-hydrogen) atoms. The van der Waals surface area contributed by atoms with Gasteiger partial charge in [-0.1, -0.05) is 19.1 Å². The molecule has 0 bridgehead atoms. The quantitative estimate of drug-likeness (QED) is 0.730. The van der Waals surface area contributed by atoms with E-state index >= 15 is 0 Å². The monoisotopic (exact) mass is 269 g/mol. The second-order valence-corrected chi connectivity index (χ2v) is 4.99. The zero-order valence-corrected chi connectivity index (χ0v) is 12.1. The van der Waals surface area contributed by atoms with Gasteiger partial charge in [0.15, 0.2) is 5.82 Å². The van der Waals surface area contributed by atoms with E-state index in [0.717, 1.165) is 35.5 Å². The van der Waals surface area contributed by atoms with Crippen molar-refractivity contribution < 1.29 is 0 Å². The predicted octanol–water partition coefficient (Wildman–Crippen LogP) is 2.90. The molecule has 1 aromatic carbocycles. The fraction of sp³-hybridized carbons (Fsp3) is 0.400. The van der Waals surface area contributed by atoms with Crippen molar-refractivity contribution in [2.75, 3.05) is 11.4 Å². The lowest BCUT2D eigenvalue weighted by molar-refractivity contribution is 0.624. The molecule has 0 aliphatic carbocycles. The SMILES string of the molecule is CCC(C)N(CC)c1nc2ccccc2n2cnnc12. The van der Waals surface area contributed by atoms with Crippen LogP contribution in [0, 0.1) is 0 Å². The first-order chi connectivity index (χ1) is 9.76. The highest BCUT2D eigenvalue weighted by Gasteiger charge is 2.18. The molecule has 0 spiro atoms. The van der Waals surface area contributed by atoms with Gasteiger partial charge in [0, 0.05) is 12.6 Å². The lowest BCUT2D eigenvalue weighted by atomic mass is 10.2. The molecule has 3 aromatic rings. The molecule has 104 valence electrons. The van der Waals surface area contributed by atoms with Crippen LogP contribution < -0.4 is 4.90 Å². The Morgan fingerprint density at radius 3 is 2.80 bits per heavy atom. The maximum absolute atomic E-state index is 4.82. The molecule has 0 aliphatic rings. The van der Waals surface area contributed by atoms with Crippen molar-refractivity contribution in [1.29, 1.82) is 0 Å². The summed E-state index contributed by atoms with van der Waals surface area (Å²) < 4.78 is 2.02. The third-order valence-corrected chi connectivity index (χ3v) is 3.85. The van der Waals surface area contributed by atoms with Crippen LogP contribution >= 0.6 is 0 Å². The van der Waals surface area contributed by atoms with Crippen molar-refractivity contribution in [2.24, 2.45) is 0 Å². The lowest BCUT2D eigenvalue weighted by Crippen LogP contribution is -2.33. The minimum absolute atomic E-state index is 0.425. The van der Waals surface area contributed by atoms with Crippen molar-refractivity contribution in [2.45, 2.75) is 33.2 Å². The molecule has 0 saturated carbocycles. The summed E-state index contributed by atoms with van der Waals surface area (Å²) in [6.07, 6.45) is 2.83. The Kier molecular flexibility index (Phi) is 3.26. The summed E-state index contributed by atoms with van der Waals surface area (Å²) >= 11 is 0. The maximum Gasteiger partial charge on any atom is 0.204 e. The summed E-state index contributed by atoms with van der Waals surface area (Å²) in [5, 5.41) is 8.32. The van der Waals surface area contributed by atoms with Gasteiger partial charge in [-0.25, -0.2) is 4.98 Å². The van der Waals surface area contributed by atoms with Crippen LogP contribution in [-0.4, -0.2) is 32.2 Å². The Morgan fingerprint density at radius 1 is 1.25 bits per heavy atom. The van der Waals surface area contributed by atoms with Crippen molar-refractivity contribution in [3.63, 3.8) is 0 Å². The predicted molar refractivity (Wildman–Crippen MR) is 81.1 cm³/mol. The van der Waals surface area contributed by atoms with Crippen molar-refractivity contribution in [1.82, 2.24) is 19.6 Å². The van der Waals surface area contributed by atoms with Gasteiger partial charge in [-0.15, -0.1) is 10.2 Å². The van der Waals surface area contributed by atoms with Crippen molar-refractivity contribution in [3.05, 3.63) is 30.6 Å². The zero-order valence-electron chi connectivity index (χ0n) is 12.1. The van der Waals surface area contributed by atoms with Crippen molar-refractivity contribution >= 4 is 22.5 Å². The van der Waals surface area contributed by atoms with E-state index in [9.17, 15) is 0 Å². The molecule has 0 N–H and O–H groups in total. The molecular formula is C15H19N5. The van der Waals surface area contributed by atoms with Gasteiger partial charge < -0.3 is 4.90 Å². The Balaban J connectivity index is 2.30. The zero-order chi connectivity index (χ0) is 14.1. The van der Waals surface area contributed by atoms with E-state index in [1.165, 1.54) is 0 Å². The van der Waals surface area contributed by atoms with Crippen LogP contribution in [0.4, 0.5) is 5.82 Å². The number of fused-ring (bicyclic) bond motifs is 3. The van der Waals surface area contributed by atoms with Crippen LogP contribution in [0.15, 0.2) is 30.6 Å². The van der Waals surface area contributed by atoms with Gasteiger partial charge in [0.2, 0.25) is 5.65 Å². The molecule has 0 amide bonds. The van der Waals surface area contributed by atoms with Gasteiger partial charge in [-0.3, -0.25) is 4.40 Å². The molecule has 0 saturated heterocycles. The summed E-state index contributed by atoms with van der Waals surface area (Å²) in [6, 6.07) is 8.52. The van der Waals surface area contributed by atoms with Crippen molar-refractivity contribution in [3.8, 4) is 0 Å². The van der Waals surface area contributed by atoms with Crippen LogP contribution in [0.2, 0.25) is 0 Å². The maximum atomic E-state index is 4.82. The first-order valence-electron chi connectivity index (χ1n) is 7.11. The number of hydrogen-bond donors (Lipinski definition) is 0. The summed E-state index contributed by atoms with van der Waals surface area (Å²) in [5.41, 5.74) is 2.83. The van der Waals surface area contributed by atoms with E-state index in [1.54, 1.807) is 6.33 Å². The van der Waals surface area contributed by atoms with Gasteiger partial charge in [0.05, 0.1) is 11.0 Å². The Labute approximate surface area is 118 Å². The van der Waals surface area contributed by atoms with Gasteiger partial charge in [-0.05, 0) is 32.4 Å². The normalized spacial score (nSPS) is 12.9. The largest absolute Gasteiger partial charge is 0.351 e. The summed E-state index contributed by atoms with van der Waals surface area (Å²) in [4.78, 5) is 7.11. The molecule has 5 heteroatoms. The van der Waals surface area contributed by atoms with E-state index < -0.39 is 0 Å². The van der Waals surface area contributed by atoms with Crippen LogP contribution in [0.5, 0.6) is 0 Å². The average Bonchev–Trinajstić information content (AvgIpc) is 2.97. The Morgan fingerprint density at radius 2 is 2.05 bits per heavy atom. The highest BCUT2D eigenvalue weighted by Crippen LogP contribution is 2.24. The smallest absolute Gasteiger partial charge is 0.204 e. The summed E-state index contributed by atoms with van der Waals surface area (Å²) in [7, 11) is 0. The third kappa shape index (κ3) is 1.90. The minimum Gasteiger partial charge on any atom is -0.351 e. The Hall–Kier alpha value is -2.17. The van der Waals surface area contributed by atoms with E-state index in [0.29, 0.717) is 6.04 Å². The molecule has 0 aliphatic heterocycles. The second kappa shape index (κ2) is 5.07. The third-order valence-electron chi connectivity index (χ3n) is 3.85. The van der Waals surface area contributed by atoms with Gasteiger partial charge in [0.1, 0.15) is 6.33 Å². The lowest BCUT2D eigenvalue weighted by Gasteiger charge is -2.28. The number of anilines is 1. The van der Waals surface area contributed by atoms with E-state index in [1.807, 2.05) is 28.7 Å². The molecule has 5 nitrogen and oxygen atoms in total. The fourth-order valence-electron chi connectivity index (χ4n) is 2.57. The Bertz CT molecular complexity index is 733. The van der Waals surface area contributed by atoms with E-state index in [2.05, 4.69) is 35.9 Å². The molecule has 3 rings (SSSR count). The highest BCUT2D eigenvalue weighted by atomic mass is 15.3. The van der Waals surface area contributed by atoms with Gasteiger partial charge >= 0.3 is 0 Å². The summed E-state index contributed by atoms with van der Waals surface area (Å²) in [6.45, 7) is 7.46. The molecule has 1 unspecified atom stereocenters. The number of nitrogens with zero attached hydrogens (tertiary/aromatic N) is 5. The molecule has 0 radical (unpaired) electrons. The molecule has 0 fully saturated rings. The average molecular weight is 269 g/mol. The standard InChI is InChI=1S/C15H19N5/c1-4-11(3)19(5-2)14-15-18-16-10-20(15)13-9-7-6-8-12(13)17-14/h6-11H,4-5H2,1-3H3. The molecule has 1 atom stereocenters. The van der Waals surface area contributed by atoms with Crippen LogP contribution in [-0.2, 0) is 0 Å². The topological polar surface area (TPSA) is 46.3 Å². The van der Waals surface area contributed by atoms with Gasteiger partial charge in [0.25, 0.3) is 0 Å². The van der Waals surface area contributed by atoms with Crippen LogP contribution in [0.3, 0.4) is 0 Å². The number of aromatic nitrogens is 4. The van der Waals surface area contributed by atoms with Gasteiger partial charge in [-0.2, -0.15) is 0 Å². The number of para-hydroxylation sites is 2. The molecule has 2 aromatic heterocycles.